The van der Waals surface area contributed by atoms with Crippen molar-refractivity contribution >= 4 is 11.7 Å². The molecule has 1 aliphatic heterocycles. The van der Waals surface area contributed by atoms with Gasteiger partial charge in [-0.3, -0.25) is 14.1 Å². The normalized spacial score (nSPS) is 19.7. The summed E-state index contributed by atoms with van der Waals surface area (Å²) in [6.45, 7) is 0.753. The van der Waals surface area contributed by atoms with Gasteiger partial charge in [-0.25, -0.2) is 4.79 Å². The van der Waals surface area contributed by atoms with Crippen LogP contribution in [-0.2, 0) is 24.6 Å². The number of rotatable bonds is 11. The van der Waals surface area contributed by atoms with Crippen molar-refractivity contribution in [2.24, 2.45) is 0 Å². The Bertz CT molecular complexity index is 1670. The molecule has 4 aromatic rings. The standard InChI is InChI=1S/C33H32F3N3O8/c1-20(40)37-27-17-18-39(31(42)38-27)30-29(47-33(34,35)36)28(41)26(46-30)19-45-32(21-7-5-4-6-8-21,22-9-13-24(43-2)14-10-22)23-11-15-25(44-3)16-12-23/h4-18,26,28-30,41H,19H2,1-3H3,(H,37,38,40,42)/t26-,28+,29?,30-/m1/s1. The minimum absolute atomic E-state index is 0.114. The first-order valence-electron chi connectivity index (χ1n) is 14.4. The van der Waals surface area contributed by atoms with Crippen molar-refractivity contribution in [1.29, 1.82) is 0 Å². The Morgan fingerprint density at radius 2 is 1.47 bits per heavy atom. The summed E-state index contributed by atoms with van der Waals surface area (Å²) in [6.07, 6.45) is -11.2. The maximum Gasteiger partial charge on any atom is 0.523 e. The van der Waals surface area contributed by atoms with Gasteiger partial charge in [-0.05, 0) is 47.0 Å². The average molecular weight is 656 g/mol. The summed E-state index contributed by atoms with van der Waals surface area (Å²) in [7, 11) is 3.06. The van der Waals surface area contributed by atoms with Gasteiger partial charge in [-0.15, -0.1) is 13.2 Å². The number of aromatic nitrogens is 2. The summed E-state index contributed by atoms with van der Waals surface area (Å²) >= 11 is 0. The molecule has 1 amide bonds. The summed E-state index contributed by atoms with van der Waals surface area (Å²) in [5.41, 5.74) is -0.483. The first-order chi connectivity index (χ1) is 22.4. The number of ether oxygens (including phenoxy) is 5. The van der Waals surface area contributed by atoms with Gasteiger partial charge in [0.15, 0.2) is 6.23 Å². The van der Waals surface area contributed by atoms with Crippen LogP contribution in [0.3, 0.4) is 0 Å². The fourth-order valence-electron chi connectivity index (χ4n) is 5.50. The molecule has 2 N–H and O–H groups in total. The maximum absolute atomic E-state index is 13.6. The van der Waals surface area contributed by atoms with Crippen molar-refractivity contribution in [2.75, 3.05) is 26.1 Å². The van der Waals surface area contributed by atoms with Crippen molar-refractivity contribution in [3.05, 3.63) is 118 Å². The molecular formula is C33H32F3N3O8. The number of hydrogen-bond acceptors (Lipinski definition) is 9. The van der Waals surface area contributed by atoms with Crippen LogP contribution in [0.1, 0.15) is 29.8 Å². The molecule has 0 spiro atoms. The minimum Gasteiger partial charge on any atom is -0.497 e. The SMILES string of the molecule is COc1ccc(C(OC[C@H]2O[C@@H](n3ccc(NC(C)=O)nc3=O)C(OC(F)(F)F)[C@H]2O)(c2ccccc2)c2ccc(OC)cc2)cc1. The Kier molecular flexibility index (Phi) is 9.96. The summed E-state index contributed by atoms with van der Waals surface area (Å²) in [5.74, 6) is 0.544. The molecular weight excluding hydrogens is 623 g/mol. The van der Waals surface area contributed by atoms with Crippen LogP contribution in [0.15, 0.2) is 95.9 Å². The number of nitrogens with zero attached hydrogens (tertiary/aromatic N) is 2. The second-order valence-electron chi connectivity index (χ2n) is 10.6. The topological polar surface area (TPSA) is 130 Å². The number of hydrogen-bond donors (Lipinski definition) is 2. The molecule has 14 heteroatoms. The number of alkyl halides is 3. The van der Waals surface area contributed by atoms with Gasteiger partial charge in [-0.1, -0.05) is 54.6 Å². The Labute approximate surface area is 267 Å². The molecule has 5 rings (SSSR count). The largest absolute Gasteiger partial charge is 0.523 e. The number of anilines is 1. The molecule has 1 aromatic heterocycles. The molecule has 4 atom stereocenters. The van der Waals surface area contributed by atoms with E-state index in [2.05, 4.69) is 15.0 Å². The van der Waals surface area contributed by atoms with Crippen molar-refractivity contribution in [2.45, 2.75) is 43.4 Å². The van der Waals surface area contributed by atoms with Crippen LogP contribution < -0.4 is 20.5 Å². The van der Waals surface area contributed by atoms with Crippen molar-refractivity contribution < 1.29 is 46.8 Å². The van der Waals surface area contributed by atoms with E-state index in [1.165, 1.54) is 27.2 Å². The molecule has 1 unspecified atom stereocenters. The summed E-state index contributed by atoms with van der Waals surface area (Å²) in [4.78, 5) is 28.0. The fourth-order valence-corrected chi connectivity index (χ4v) is 5.50. The lowest BCUT2D eigenvalue weighted by molar-refractivity contribution is -0.356. The van der Waals surface area contributed by atoms with E-state index >= 15 is 0 Å². The van der Waals surface area contributed by atoms with Crippen molar-refractivity contribution in [3.8, 4) is 11.5 Å². The highest BCUT2D eigenvalue weighted by Gasteiger charge is 2.52. The highest BCUT2D eigenvalue weighted by molar-refractivity contribution is 5.87. The van der Waals surface area contributed by atoms with Gasteiger partial charge >= 0.3 is 12.1 Å². The van der Waals surface area contributed by atoms with Crippen LogP contribution in [0.4, 0.5) is 19.0 Å². The van der Waals surface area contributed by atoms with Crippen LogP contribution in [0.5, 0.6) is 11.5 Å². The first-order valence-corrected chi connectivity index (χ1v) is 14.4. The van der Waals surface area contributed by atoms with Gasteiger partial charge in [0.1, 0.15) is 41.2 Å². The quantitative estimate of drug-likeness (QED) is 0.226. The van der Waals surface area contributed by atoms with Gasteiger partial charge in [-0.2, -0.15) is 4.98 Å². The molecule has 47 heavy (non-hydrogen) atoms. The highest BCUT2D eigenvalue weighted by Crippen LogP contribution is 2.43. The highest BCUT2D eigenvalue weighted by atomic mass is 19.4. The molecule has 0 bridgehead atoms. The first kappa shape index (κ1) is 33.6. The van der Waals surface area contributed by atoms with Gasteiger partial charge in [0, 0.05) is 13.1 Å². The number of amides is 1. The zero-order chi connectivity index (χ0) is 33.8. The average Bonchev–Trinajstić information content (AvgIpc) is 3.35. The minimum atomic E-state index is -5.18. The van der Waals surface area contributed by atoms with Gasteiger partial charge in [0.05, 0.1) is 20.8 Å². The van der Waals surface area contributed by atoms with E-state index in [9.17, 15) is 27.9 Å². The van der Waals surface area contributed by atoms with Gasteiger partial charge < -0.3 is 29.4 Å². The molecule has 3 aromatic carbocycles. The van der Waals surface area contributed by atoms with Gasteiger partial charge in [0.25, 0.3) is 0 Å². The summed E-state index contributed by atoms with van der Waals surface area (Å²) in [6, 6.07) is 24.5. The Morgan fingerprint density at radius 1 is 0.915 bits per heavy atom. The van der Waals surface area contributed by atoms with Crippen LogP contribution >= 0.6 is 0 Å². The predicted octanol–water partition coefficient (Wildman–Crippen LogP) is 4.39. The number of aliphatic hydroxyl groups is 1. The molecule has 0 radical (unpaired) electrons. The fraction of sp³-hybridized carbons (Fsp3) is 0.303. The number of aliphatic hydroxyl groups excluding tert-OH is 1. The van der Waals surface area contributed by atoms with Crippen LogP contribution in [0.25, 0.3) is 0 Å². The Balaban J connectivity index is 1.56. The van der Waals surface area contributed by atoms with E-state index in [0.717, 1.165) is 10.8 Å². The molecule has 0 aliphatic carbocycles. The molecule has 248 valence electrons. The second-order valence-corrected chi connectivity index (χ2v) is 10.6. The maximum atomic E-state index is 13.6. The monoisotopic (exact) mass is 655 g/mol. The van der Waals surface area contributed by atoms with E-state index in [4.69, 9.17) is 18.9 Å². The number of halogens is 3. The smallest absolute Gasteiger partial charge is 0.497 e. The number of carbonyl (C=O) groups excluding carboxylic acids is 1. The third-order valence-electron chi connectivity index (χ3n) is 7.63. The van der Waals surface area contributed by atoms with E-state index < -0.39 is 54.7 Å². The summed E-state index contributed by atoms with van der Waals surface area (Å²) < 4.78 is 69.0. The van der Waals surface area contributed by atoms with E-state index in [1.807, 2.05) is 30.3 Å². The number of methoxy groups -OCH3 is 2. The van der Waals surface area contributed by atoms with Gasteiger partial charge in [0.2, 0.25) is 5.91 Å². The predicted molar refractivity (Wildman–Crippen MR) is 162 cm³/mol. The van der Waals surface area contributed by atoms with E-state index in [1.54, 1.807) is 48.5 Å². The molecule has 11 nitrogen and oxygen atoms in total. The van der Waals surface area contributed by atoms with E-state index in [0.29, 0.717) is 28.2 Å². The zero-order valence-corrected chi connectivity index (χ0v) is 25.5. The van der Waals surface area contributed by atoms with Crippen LogP contribution in [0.2, 0.25) is 0 Å². The van der Waals surface area contributed by atoms with Crippen molar-refractivity contribution in [3.63, 3.8) is 0 Å². The number of nitrogens with one attached hydrogen (secondary N) is 1. The third-order valence-corrected chi connectivity index (χ3v) is 7.63. The molecule has 1 fully saturated rings. The Morgan fingerprint density at radius 3 is 1.96 bits per heavy atom. The second kappa shape index (κ2) is 13.9. The molecule has 1 saturated heterocycles. The van der Waals surface area contributed by atoms with Crippen molar-refractivity contribution in [1.82, 2.24) is 9.55 Å². The summed E-state index contributed by atoms with van der Waals surface area (Å²) in [5, 5.41) is 13.5. The molecule has 2 heterocycles. The van der Waals surface area contributed by atoms with Crippen LogP contribution in [0, 0.1) is 0 Å². The lowest BCUT2D eigenvalue weighted by Gasteiger charge is -2.37. The van der Waals surface area contributed by atoms with E-state index in [-0.39, 0.29) is 5.82 Å². The Hall–Kier alpha value is -4.76. The lowest BCUT2D eigenvalue weighted by atomic mass is 9.80. The lowest BCUT2D eigenvalue weighted by Crippen LogP contribution is -2.42. The molecule has 1 aliphatic rings. The molecule has 0 saturated carbocycles. The van der Waals surface area contributed by atoms with Crippen LogP contribution in [-0.4, -0.2) is 66.1 Å². The zero-order valence-electron chi connectivity index (χ0n) is 25.5. The number of benzene rings is 3. The third kappa shape index (κ3) is 7.30. The number of carbonyl (C=O) groups is 1.